The van der Waals surface area contributed by atoms with Crippen molar-refractivity contribution >= 4 is 26.5 Å². The van der Waals surface area contributed by atoms with E-state index in [2.05, 4.69) is 9.72 Å². The van der Waals surface area contributed by atoms with E-state index in [1.165, 1.54) is 15.3 Å². The van der Waals surface area contributed by atoms with Gasteiger partial charge in [0.25, 0.3) is 0 Å². The number of imidazole rings is 1. The molecular weight excluding hydrogens is 269 g/mol. The molecule has 0 saturated carbocycles. The largest absolute Gasteiger partial charge is 0.426 e. The molecule has 0 aliphatic carbocycles. The number of hydrogen-bond donors (Lipinski definition) is 0. The molecule has 7 heteroatoms. The summed E-state index contributed by atoms with van der Waals surface area (Å²) in [6.07, 6.45) is 4.03. The van der Waals surface area contributed by atoms with Crippen LogP contribution in [0, 0.1) is 0 Å². The first-order valence-electron chi connectivity index (χ1n) is 4.92. The fraction of sp³-hybridized carbons (Fsp3) is 0.300. The number of aryl methyl sites for hydroxylation is 1. The summed E-state index contributed by atoms with van der Waals surface area (Å²) in [7, 11) is 1.31. The molecule has 0 fully saturated rings. The number of hydrogen-bond acceptors (Lipinski definition) is 2. The highest BCUT2D eigenvalue weighted by Crippen LogP contribution is 2.31. The molecule has 2 heterocycles. The van der Waals surface area contributed by atoms with E-state index >= 15 is 0 Å². The second kappa shape index (κ2) is 4.39. The van der Waals surface area contributed by atoms with Crippen molar-refractivity contribution < 1.29 is 13.5 Å². The lowest BCUT2D eigenvalue weighted by Gasteiger charge is -2.13. The minimum atomic E-state index is -3.34. The molecule has 0 aliphatic rings. The Hall–Kier alpha value is -0.930. The van der Waals surface area contributed by atoms with Gasteiger partial charge in [0.1, 0.15) is 0 Å². The Balaban J connectivity index is 2.56. The number of nitrogens with zero attached hydrogens (tertiary/aromatic N) is 2. The van der Waals surface area contributed by atoms with Crippen LogP contribution >= 0.6 is 20.8 Å². The van der Waals surface area contributed by atoms with Crippen LogP contribution in [0.25, 0.3) is 5.65 Å². The summed E-state index contributed by atoms with van der Waals surface area (Å²) in [5.74, 6) is -3.39. The molecule has 0 bridgehead atoms. The van der Waals surface area contributed by atoms with Gasteiger partial charge in [-0.3, -0.25) is 0 Å². The van der Waals surface area contributed by atoms with Crippen molar-refractivity contribution in [3.05, 3.63) is 29.2 Å². The SMILES string of the molecule is CCc1cn2cc(Cl)cc(OC(F)(F)P)c2n1. The van der Waals surface area contributed by atoms with E-state index in [-0.39, 0.29) is 5.75 Å². The van der Waals surface area contributed by atoms with Crippen LogP contribution in [0.2, 0.25) is 5.02 Å². The van der Waals surface area contributed by atoms with Crippen LogP contribution in [0.15, 0.2) is 18.5 Å². The average Bonchev–Trinajstić information content (AvgIpc) is 2.58. The van der Waals surface area contributed by atoms with Crippen LogP contribution in [-0.4, -0.2) is 15.2 Å². The van der Waals surface area contributed by atoms with Crippen molar-refractivity contribution in [2.45, 2.75) is 19.2 Å². The van der Waals surface area contributed by atoms with Crippen molar-refractivity contribution in [2.24, 2.45) is 0 Å². The summed E-state index contributed by atoms with van der Waals surface area (Å²) < 4.78 is 31.7. The van der Waals surface area contributed by atoms with Gasteiger partial charge in [-0.25, -0.2) is 4.98 Å². The lowest BCUT2D eigenvalue weighted by molar-refractivity contribution is -0.0885. The number of fused-ring (bicyclic) bond motifs is 1. The summed E-state index contributed by atoms with van der Waals surface area (Å²) in [5, 5.41) is 0.307. The molecule has 92 valence electrons. The molecule has 0 radical (unpaired) electrons. The summed E-state index contributed by atoms with van der Waals surface area (Å²) in [6.45, 7) is 1.92. The first kappa shape index (κ1) is 12.5. The molecule has 1 atom stereocenters. The maximum Gasteiger partial charge on any atom is 0.408 e. The average molecular weight is 279 g/mol. The Bertz CT molecular complexity index is 553. The fourth-order valence-corrected chi connectivity index (χ4v) is 1.81. The van der Waals surface area contributed by atoms with Gasteiger partial charge >= 0.3 is 5.85 Å². The van der Waals surface area contributed by atoms with Crippen molar-refractivity contribution in [2.75, 3.05) is 0 Å². The molecule has 0 amide bonds. The number of pyridine rings is 1. The monoisotopic (exact) mass is 278 g/mol. The highest BCUT2D eigenvalue weighted by atomic mass is 35.5. The maximum absolute atomic E-state index is 12.8. The van der Waals surface area contributed by atoms with Crippen molar-refractivity contribution in [1.82, 2.24) is 9.38 Å². The van der Waals surface area contributed by atoms with Gasteiger partial charge in [-0.15, -0.1) is 0 Å². The molecule has 1 unspecified atom stereocenters. The third-order valence-corrected chi connectivity index (χ3v) is 2.47. The van der Waals surface area contributed by atoms with Crippen LogP contribution in [0.4, 0.5) is 8.78 Å². The predicted molar refractivity (Wildman–Crippen MR) is 64.9 cm³/mol. The molecule has 3 nitrogen and oxygen atoms in total. The summed E-state index contributed by atoms with van der Waals surface area (Å²) >= 11 is 5.82. The molecule has 0 saturated heterocycles. The van der Waals surface area contributed by atoms with Gasteiger partial charge in [-0.2, -0.15) is 8.78 Å². The van der Waals surface area contributed by atoms with E-state index in [1.54, 1.807) is 16.8 Å². The Morgan fingerprint density at radius 1 is 1.53 bits per heavy atom. The summed E-state index contributed by atoms with van der Waals surface area (Å²) in [6, 6.07) is 1.32. The number of aromatic nitrogens is 2. The second-order valence-electron chi connectivity index (χ2n) is 3.50. The van der Waals surface area contributed by atoms with Crippen LogP contribution in [-0.2, 0) is 6.42 Å². The number of ether oxygens (including phenoxy) is 1. The Labute approximate surface area is 104 Å². The zero-order chi connectivity index (χ0) is 12.6. The molecule has 17 heavy (non-hydrogen) atoms. The standard InChI is InChI=1S/C10H10ClF2N2OP/c1-2-7-5-15-4-6(11)3-8(9(15)14-7)16-10(12,13)17/h3-5H,2,17H2,1H3. The van der Waals surface area contributed by atoms with Gasteiger partial charge in [0.05, 0.1) is 10.7 Å². The smallest absolute Gasteiger partial charge is 0.408 e. The number of alkyl halides is 2. The van der Waals surface area contributed by atoms with E-state index in [4.69, 9.17) is 11.6 Å². The first-order chi connectivity index (χ1) is 7.89. The zero-order valence-electron chi connectivity index (χ0n) is 8.95. The molecular formula is C10H10ClF2N2OP. The summed E-state index contributed by atoms with van der Waals surface area (Å²) in [4.78, 5) is 4.19. The minimum Gasteiger partial charge on any atom is -0.426 e. The van der Waals surface area contributed by atoms with Crippen LogP contribution < -0.4 is 4.74 Å². The van der Waals surface area contributed by atoms with E-state index in [0.717, 1.165) is 5.69 Å². The number of rotatable bonds is 3. The summed E-state index contributed by atoms with van der Waals surface area (Å²) in [5.41, 5.74) is 1.11. The highest BCUT2D eigenvalue weighted by Gasteiger charge is 2.25. The predicted octanol–water partition coefficient (Wildman–Crippen LogP) is 3.35. The third kappa shape index (κ3) is 2.85. The normalized spacial score (nSPS) is 12.1. The second-order valence-corrected chi connectivity index (χ2v) is 4.61. The Morgan fingerprint density at radius 3 is 2.82 bits per heavy atom. The van der Waals surface area contributed by atoms with E-state index in [0.29, 0.717) is 17.1 Å². The van der Waals surface area contributed by atoms with Crippen molar-refractivity contribution in [1.29, 1.82) is 0 Å². The highest BCUT2D eigenvalue weighted by molar-refractivity contribution is 7.17. The molecule has 0 aliphatic heterocycles. The molecule has 0 spiro atoms. The van der Waals surface area contributed by atoms with Gasteiger partial charge in [0.15, 0.2) is 11.4 Å². The van der Waals surface area contributed by atoms with Crippen LogP contribution in [0.1, 0.15) is 12.6 Å². The van der Waals surface area contributed by atoms with Gasteiger partial charge in [0, 0.05) is 18.5 Å². The van der Waals surface area contributed by atoms with E-state index in [9.17, 15) is 8.78 Å². The topological polar surface area (TPSA) is 26.5 Å². The van der Waals surface area contributed by atoms with Crippen molar-refractivity contribution in [3.63, 3.8) is 0 Å². The first-order valence-corrected chi connectivity index (χ1v) is 5.87. The van der Waals surface area contributed by atoms with Gasteiger partial charge in [-0.05, 0) is 15.7 Å². The maximum atomic E-state index is 12.8. The van der Waals surface area contributed by atoms with Crippen LogP contribution in [0.5, 0.6) is 5.75 Å². The molecule has 2 aromatic rings. The lowest BCUT2D eigenvalue weighted by Crippen LogP contribution is -2.15. The molecule has 0 aromatic carbocycles. The lowest BCUT2D eigenvalue weighted by atomic mass is 10.4. The molecule has 2 rings (SSSR count). The molecule has 2 aromatic heterocycles. The Kier molecular flexibility index (Phi) is 3.23. The molecule has 0 N–H and O–H groups in total. The zero-order valence-corrected chi connectivity index (χ0v) is 10.9. The van der Waals surface area contributed by atoms with Crippen LogP contribution in [0.3, 0.4) is 0 Å². The van der Waals surface area contributed by atoms with Gasteiger partial charge in [-0.1, -0.05) is 18.5 Å². The number of halogens is 3. The van der Waals surface area contributed by atoms with Crippen molar-refractivity contribution in [3.8, 4) is 5.75 Å². The Morgan fingerprint density at radius 2 is 2.24 bits per heavy atom. The third-order valence-electron chi connectivity index (χ3n) is 2.14. The quantitative estimate of drug-likeness (QED) is 0.805. The van der Waals surface area contributed by atoms with E-state index in [1.807, 2.05) is 6.92 Å². The fourth-order valence-electron chi connectivity index (χ4n) is 1.48. The van der Waals surface area contributed by atoms with Gasteiger partial charge < -0.3 is 9.14 Å². The van der Waals surface area contributed by atoms with Gasteiger partial charge in [0.2, 0.25) is 0 Å². The van der Waals surface area contributed by atoms with E-state index < -0.39 is 5.85 Å². The minimum absolute atomic E-state index is 0.0443.